The molecule has 6 nitrogen and oxygen atoms in total. The van der Waals surface area contributed by atoms with E-state index in [1.54, 1.807) is 6.92 Å². The van der Waals surface area contributed by atoms with E-state index in [-0.39, 0.29) is 11.5 Å². The summed E-state index contributed by atoms with van der Waals surface area (Å²) in [4.78, 5) is 20.3. The first-order chi connectivity index (χ1) is 8.02. The number of aromatic nitrogens is 4. The van der Waals surface area contributed by atoms with Gasteiger partial charge in [-0.05, 0) is 12.8 Å². The molecule has 0 aromatic carbocycles. The van der Waals surface area contributed by atoms with Gasteiger partial charge in [0, 0.05) is 24.2 Å². The molecule has 2 aromatic rings. The molecule has 0 aliphatic carbocycles. The number of nitrogens with one attached hydrogen (secondary N) is 1. The highest BCUT2D eigenvalue weighted by atomic mass is 16.1. The Bertz CT molecular complexity index is 583. The molecule has 17 heavy (non-hydrogen) atoms. The molecule has 0 aliphatic heterocycles. The lowest BCUT2D eigenvalue weighted by atomic mass is 9.95. The predicted octanol–water partition coefficient (Wildman–Crippen LogP) is 0.424. The van der Waals surface area contributed by atoms with Gasteiger partial charge in [-0.25, -0.2) is 4.98 Å². The highest BCUT2D eigenvalue weighted by molar-refractivity contribution is 5.28. The zero-order valence-corrected chi connectivity index (χ0v) is 10.3. The van der Waals surface area contributed by atoms with Gasteiger partial charge in [-0.15, -0.1) is 0 Å². The number of nitrogens with two attached hydrogens (primary N) is 1. The number of rotatable bonds is 3. The average Bonchev–Trinajstić information content (AvgIpc) is 2.61. The van der Waals surface area contributed by atoms with Crippen LogP contribution < -0.4 is 11.3 Å². The standard InChI is InChI=1S/C11H17N5O/c1-6(2)8(5-12)10-14-11-13-7(3)4-9(17)16(11)15-10/h4,6,8H,5,12H2,1-3H3,(H,13,14,15). The van der Waals surface area contributed by atoms with E-state index in [4.69, 9.17) is 5.73 Å². The number of aromatic amines is 1. The van der Waals surface area contributed by atoms with E-state index in [9.17, 15) is 4.79 Å². The molecule has 2 heterocycles. The molecule has 0 bridgehead atoms. The molecule has 0 amide bonds. The molecular formula is C11H17N5O. The summed E-state index contributed by atoms with van der Waals surface area (Å²) in [7, 11) is 0. The Kier molecular flexibility index (Phi) is 2.97. The van der Waals surface area contributed by atoms with Crippen LogP contribution in [0.1, 0.15) is 31.3 Å². The molecule has 92 valence electrons. The van der Waals surface area contributed by atoms with Crippen LogP contribution in [-0.4, -0.2) is 26.1 Å². The molecule has 2 rings (SSSR count). The first kappa shape index (κ1) is 11.8. The molecule has 1 unspecified atom stereocenters. The van der Waals surface area contributed by atoms with Gasteiger partial charge in [0.25, 0.3) is 11.3 Å². The van der Waals surface area contributed by atoms with Gasteiger partial charge >= 0.3 is 0 Å². The van der Waals surface area contributed by atoms with E-state index in [0.29, 0.717) is 23.9 Å². The predicted molar refractivity (Wildman–Crippen MR) is 65.0 cm³/mol. The Morgan fingerprint density at radius 1 is 1.47 bits per heavy atom. The van der Waals surface area contributed by atoms with Gasteiger partial charge in [0.15, 0.2) is 0 Å². The van der Waals surface area contributed by atoms with Gasteiger partial charge in [-0.2, -0.15) is 9.50 Å². The normalized spacial score (nSPS) is 13.5. The van der Waals surface area contributed by atoms with Crippen molar-refractivity contribution in [3.05, 3.63) is 27.9 Å². The van der Waals surface area contributed by atoms with Crippen LogP contribution in [0.2, 0.25) is 0 Å². The minimum absolute atomic E-state index is 0.108. The maximum absolute atomic E-state index is 11.7. The van der Waals surface area contributed by atoms with Crippen molar-refractivity contribution in [1.29, 1.82) is 0 Å². The third kappa shape index (κ3) is 2.08. The van der Waals surface area contributed by atoms with Crippen molar-refractivity contribution in [3.8, 4) is 0 Å². The van der Waals surface area contributed by atoms with Gasteiger partial charge < -0.3 is 5.73 Å². The molecule has 6 heteroatoms. The van der Waals surface area contributed by atoms with Gasteiger partial charge in [-0.1, -0.05) is 13.8 Å². The van der Waals surface area contributed by atoms with Crippen LogP contribution in [0.5, 0.6) is 0 Å². The quantitative estimate of drug-likeness (QED) is 0.807. The topological polar surface area (TPSA) is 89.1 Å². The van der Waals surface area contributed by atoms with Crippen LogP contribution in [0.15, 0.2) is 10.9 Å². The van der Waals surface area contributed by atoms with Crippen LogP contribution in [-0.2, 0) is 0 Å². The van der Waals surface area contributed by atoms with Crippen molar-refractivity contribution in [2.45, 2.75) is 26.7 Å². The first-order valence-electron chi connectivity index (χ1n) is 5.69. The van der Waals surface area contributed by atoms with Crippen molar-refractivity contribution in [2.75, 3.05) is 6.54 Å². The summed E-state index contributed by atoms with van der Waals surface area (Å²) in [5.74, 6) is 1.59. The molecule has 0 saturated carbocycles. The molecular weight excluding hydrogens is 218 g/mol. The molecule has 3 N–H and O–H groups in total. The Hall–Kier alpha value is -1.69. The summed E-state index contributed by atoms with van der Waals surface area (Å²) in [6.07, 6.45) is 0. The number of nitrogens with zero attached hydrogens (tertiary/aromatic N) is 3. The third-order valence-electron chi connectivity index (χ3n) is 2.89. The smallest absolute Gasteiger partial charge is 0.274 e. The summed E-state index contributed by atoms with van der Waals surface area (Å²) in [5.41, 5.74) is 6.25. The Morgan fingerprint density at radius 3 is 2.76 bits per heavy atom. The van der Waals surface area contributed by atoms with E-state index in [2.05, 4.69) is 28.9 Å². The second-order valence-corrected chi connectivity index (χ2v) is 4.57. The van der Waals surface area contributed by atoms with E-state index in [1.165, 1.54) is 10.6 Å². The number of fused-ring (bicyclic) bond motifs is 1. The highest BCUT2D eigenvalue weighted by Gasteiger charge is 2.19. The molecule has 0 fully saturated rings. The first-order valence-corrected chi connectivity index (χ1v) is 5.69. The maximum Gasteiger partial charge on any atom is 0.274 e. The van der Waals surface area contributed by atoms with Gasteiger partial charge in [0.1, 0.15) is 5.82 Å². The summed E-state index contributed by atoms with van der Waals surface area (Å²) in [6.45, 7) is 6.42. The number of H-pyrrole nitrogens is 1. The summed E-state index contributed by atoms with van der Waals surface area (Å²) < 4.78 is 1.35. The lowest BCUT2D eigenvalue weighted by Crippen LogP contribution is -2.20. The van der Waals surface area contributed by atoms with Crippen molar-refractivity contribution in [3.63, 3.8) is 0 Å². The third-order valence-corrected chi connectivity index (χ3v) is 2.89. The second-order valence-electron chi connectivity index (χ2n) is 4.57. The number of hydrogen-bond acceptors (Lipinski definition) is 4. The molecule has 0 spiro atoms. The van der Waals surface area contributed by atoms with Crippen molar-refractivity contribution in [1.82, 2.24) is 19.6 Å². The zero-order valence-electron chi connectivity index (χ0n) is 10.3. The van der Waals surface area contributed by atoms with Crippen molar-refractivity contribution in [2.24, 2.45) is 11.7 Å². The Morgan fingerprint density at radius 2 is 2.18 bits per heavy atom. The van der Waals surface area contributed by atoms with E-state index in [1.807, 2.05) is 0 Å². The SMILES string of the molecule is Cc1cc(=O)n2[nH]c(C(CN)C(C)C)nc2n1. The summed E-state index contributed by atoms with van der Waals surface area (Å²) in [5, 5.41) is 2.97. The van der Waals surface area contributed by atoms with E-state index >= 15 is 0 Å². The second kappa shape index (κ2) is 4.29. The Balaban J connectivity index is 2.58. The lowest BCUT2D eigenvalue weighted by Gasteiger charge is -2.14. The largest absolute Gasteiger partial charge is 0.330 e. The van der Waals surface area contributed by atoms with Gasteiger partial charge in [0.05, 0.1) is 0 Å². The Labute approximate surface area is 98.9 Å². The number of aryl methyl sites for hydroxylation is 1. The average molecular weight is 235 g/mol. The maximum atomic E-state index is 11.7. The molecule has 0 radical (unpaired) electrons. The molecule has 2 aromatic heterocycles. The molecule has 0 aliphatic rings. The van der Waals surface area contributed by atoms with Crippen LogP contribution in [0, 0.1) is 12.8 Å². The van der Waals surface area contributed by atoms with Crippen LogP contribution in [0.25, 0.3) is 5.78 Å². The van der Waals surface area contributed by atoms with Crippen LogP contribution in [0.3, 0.4) is 0 Å². The van der Waals surface area contributed by atoms with Gasteiger partial charge in [-0.3, -0.25) is 9.89 Å². The fourth-order valence-corrected chi connectivity index (χ4v) is 1.87. The van der Waals surface area contributed by atoms with Crippen molar-refractivity contribution < 1.29 is 0 Å². The van der Waals surface area contributed by atoms with E-state index in [0.717, 1.165) is 5.82 Å². The molecule has 1 atom stereocenters. The monoisotopic (exact) mass is 235 g/mol. The van der Waals surface area contributed by atoms with Gasteiger partial charge in [0.2, 0.25) is 0 Å². The minimum Gasteiger partial charge on any atom is -0.330 e. The van der Waals surface area contributed by atoms with Crippen LogP contribution in [0.4, 0.5) is 0 Å². The summed E-state index contributed by atoms with van der Waals surface area (Å²) >= 11 is 0. The lowest BCUT2D eigenvalue weighted by molar-refractivity contribution is 0.483. The van der Waals surface area contributed by atoms with Crippen LogP contribution >= 0.6 is 0 Å². The highest BCUT2D eigenvalue weighted by Crippen LogP contribution is 2.19. The fourth-order valence-electron chi connectivity index (χ4n) is 1.87. The minimum atomic E-state index is -0.147. The zero-order chi connectivity index (χ0) is 12.6. The fraction of sp³-hybridized carbons (Fsp3) is 0.545. The van der Waals surface area contributed by atoms with E-state index < -0.39 is 0 Å². The molecule has 0 saturated heterocycles. The number of hydrogen-bond donors (Lipinski definition) is 2. The summed E-state index contributed by atoms with van der Waals surface area (Å²) in [6, 6.07) is 1.47. The van der Waals surface area contributed by atoms with Crippen molar-refractivity contribution >= 4 is 5.78 Å².